The van der Waals surface area contributed by atoms with Gasteiger partial charge in [0, 0.05) is 18.8 Å². The van der Waals surface area contributed by atoms with Crippen molar-refractivity contribution in [1.82, 2.24) is 9.88 Å². The van der Waals surface area contributed by atoms with Gasteiger partial charge in [0.25, 0.3) is 0 Å². The molecule has 1 amide bonds. The van der Waals surface area contributed by atoms with Crippen LogP contribution in [0.4, 0.5) is 5.82 Å². The molecule has 2 aromatic rings. The Kier molecular flexibility index (Phi) is 4.88. The maximum atomic E-state index is 12.2. The van der Waals surface area contributed by atoms with E-state index in [9.17, 15) is 4.79 Å². The van der Waals surface area contributed by atoms with Crippen LogP contribution in [0.15, 0.2) is 54.7 Å². The van der Waals surface area contributed by atoms with Crippen LogP contribution in [0.25, 0.3) is 0 Å². The van der Waals surface area contributed by atoms with E-state index in [2.05, 4.69) is 22.4 Å². The minimum atomic E-state index is 0.00939. The number of rotatable bonds is 4. The number of likely N-dealkylation sites (tertiary alicyclic amines) is 1. The van der Waals surface area contributed by atoms with Gasteiger partial charge in [-0.1, -0.05) is 36.4 Å². The van der Waals surface area contributed by atoms with Crippen LogP contribution >= 0.6 is 0 Å². The summed E-state index contributed by atoms with van der Waals surface area (Å²) in [4.78, 5) is 18.4. The largest absolute Gasteiger partial charge is 0.367 e. The number of hydrogen-bond acceptors (Lipinski definition) is 4. The number of nitrogens with zero attached hydrogens (tertiary/aromatic N) is 2. The maximum Gasteiger partial charge on any atom is 0.236 e. The Morgan fingerprint density at radius 1 is 1.22 bits per heavy atom. The number of carbonyl (C=O) groups excluding carboxylic acids is 1. The lowest BCUT2D eigenvalue weighted by Crippen LogP contribution is -2.46. The van der Waals surface area contributed by atoms with Crippen molar-refractivity contribution >= 4 is 11.7 Å². The molecule has 0 aliphatic carbocycles. The van der Waals surface area contributed by atoms with Crippen molar-refractivity contribution < 1.29 is 4.79 Å². The standard InChI is InChI=1S/C18H22N4O/c19-13-18(23)22-11-9-15(21-17-8-4-5-10-20-17)12-16(22)14-6-2-1-3-7-14/h1-8,10,15-16H,9,11-13,19H2,(H,20,21). The summed E-state index contributed by atoms with van der Waals surface area (Å²) in [5.74, 6) is 0.887. The molecule has 0 spiro atoms. The monoisotopic (exact) mass is 310 g/mol. The van der Waals surface area contributed by atoms with Crippen LogP contribution in [0.1, 0.15) is 24.4 Å². The molecule has 120 valence electrons. The van der Waals surface area contributed by atoms with Crippen molar-refractivity contribution in [2.75, 3.05) is 18.4 Å². The zero-order valence-electron chi connectivity index (χ0n) is 13.1. The fraction of sp³-hybridized carbons (Fsp3) is 0.333. The summed E-state index contributed by atoms with van der Waals surface area (Å²) >= 11 is 0. The highest BCUT2D eigenvalue weighted by Gasteiger charge is 2.32. The van der Waals surface area contributed by atoms with E-state index in [1.54, 1.807) is 6.20 Å². The van der Waals surface area contributed by atoms with Crippen molar-refractivity contribution in [2.45, 2.75) is 24.9 Å². The molecule has 1 fully saturated rings. The van der Waals surface area contributed by atoms with Gasteiger partial charge in [-0.2, -0.15) is 0 Å². The maximum absolute atomic E-state index is 12.2. The molecular formula is C18H22N4O. The molecule has 0 saturated carbocycles. The van der Waals surface area contributed by atoms with Crippen molar-refractivity contribution in [3.05, 3.63) is 60.3 Å². The van der Waals surface area contributed by atoms with Gasteiger partial charge in [0.05, 0.1) is 12.6 Å². The minimum absolute atomic E-state index is 0.00939. The highest BCUT2D eigenvalue weighted by atomic mass is 16.2. The van der Waals surface area contributed by atoms with Crippen LogP contribution in [-0.4, -0.2) is 34.9 Å². The van der Waals surface area contributed by atoms with Gasteiger partial charge in [-0.05, 0) is 30.5 Å². The number of benzene rings is 1. The number of carbonyl (C=O) groups is 1. The van der Waals surface area contributed by atoms with Gasteiger partial charge in [-0.3, -0.25) is 4.79 Å². The summed E-state index contributed by atoms with van der Waals surface area (Å²) in [6.45, 7) is 0.766. The van der Waals surface area contributed by atoms with Gasteiger partial charge in [-0.25, -0.2) is 4.98 Å². The lowest BCUT2D eigenvalue weighted by atomic mass is 9.91. The Bertz CT molecular complexity index is 632. The molecule has 1 aromatic heterocycles. The Hall–Kier alpha value is -2.40. The normalized spacial score (nSPS) is 21.0. The van der Waals surface area contributed by atoms with Gasteiger partial charge in [0.1, 0.15) is 5.82 Å². The summed E-state index contributed by atoms with van der Waals surface area (Å²) in [6.07, 6.45) is 3.53. The minimum Gasteiger partial charge on any atom is -0.367 e. The number of nitrogens with two attached hydrogens (primary N) is 1. The Balaban J connectivity index is 1.77. The van der Waals surface area contributed by atoms with E-state index in [1.165, 1.54) is 0 Å². The smallest absolute Gasteiger partial charge is 0.236 e. The van der Waals surface area contributed by atoms with Gasteiger partial charge >= 0.3 is 0 Å². The van der Waals surface area contributed by atoms with Gasteiger partial charge in [0.15, 0.2) is 0 Å². The fourth-order valence-electron chi connectivity index (χ4n) is 3.16. The van der Waals surface area contributed by atoms with Crippen LogP contribution in [0.3, 0.4) is 0 Å². The number of hydrogen-bond donors (Lipinski definition) is 2. The molecule has 1 saturated heterocycles. The first-order chi connectivity index (χ1) is 11.3. The summed E-state index contributed by atoms with van der Waals surface area (Å²) in [7, 11) is 0. The lowest BCUT2D eigenvalue weighted by Gasteiger charge is -2.40. The summed E-state index contributed by atoms with van der Waals surface area (Å²) in [6, 6.07) is 16.3. The number of piperidine rings is 1. The van der Waals surface area contributed by atoms with Crippen molar-refractivity contribution in [3.63, 3.8) is 0 Å². The molecule has 2 unspecified atom stereocenters. The summed E-state index contributed by atoms with van der Waals surface area (Å²) in [5, 5.41) is 3.48. The second-order valence-corrected chi connectivity index (χ2v) is 5.80. The first-order valence-corrected chi connectivity index (χ1v) is 8.00. The van der Waals surface area contributed by atoms with E-state index in [4.69, 9.17) is 5.73 Å². The molecule has 0 radical (unpaired) electrons. The average Bonchev–Trinajstić information content (AvgIpc) is 2.62. The SMILES string of the molecule is NCC(=O)N1CCC(Nc2ccccn2)CC1c1ccccc1. The number of pyridine rings is 1. The highest BCUT2D eigenvalue weighted by Crippen LogP contribution is 2.32. The van der Waals surface area contributed by atoms with Crippen LogP contribution in [0.5, 0.6) is 0 Å². The molecule has 23 heavy (non-hydrogen) atoms. The first-order valence-electron chi connectivity index (χ1n) is 8.00. The van der Waals surface area contributed by atoms with Gasteiger partial charge in [0.2, 0.25) is 5.91 Å². The Labute approximate surface area is 136 Å². The quantitative estimate of drug-likeness (QED) is 0.908. The zero-order valence-corrected chi connectivity index (χ0v) is 13.1. The predicted octanol–water partition coefficient (Wildman–Crippen LogP) is 2.18. The third kappa shape index (κ3) is 3.68. The molecule has 0 bridgehead atoms. The number of nitrogens with one attached hydrogen (secondary N) is 1. The van der Waals surface area contributed by atoms with Crippen molar-refractivity contribution in [1.29, 1.82) is 0 Å². The van der Waals surface area contributed by atoms with E-state index in [-0.39, 0.29) is 24.5 Å². The second-order valence-electron chi connectivity index (χ2n) is 5.80. The zero-order chi connectivity index (χ0) is 16.1. The second kappa shape index (κ2) is 7.24. The van der Waals surface area contributed by atoms with E-state index >= 15 is 0 Å². The molecule has 3 rings (SSSR count). The molecule has 1 aromatic carbocycles. The molecule has 2 heterocycles. The third-order valence-corrected chi connectivity index (χ3v) is 4.30. The summed E-state index contributed by atoms with van der Waals surface area (Å²) in [5.41, 5.74) is 6.74. The lowest BCUT2D eigenvalue weighted by molar-refractivity contribution is -0.133. The van der Waals surface area contributed by atoms with Crippen LogP contribution in [0.2, 0.25) is 0 Å². The first kappa shape index (κ1) is 15.5. The van der Waals surface area contributed by atoms with E-state index in [0.29, 0.717) is 6.54 Å². The Morgan fingerprint density at radius 3 is 2.70 bits per heavy atom. The third-order valence-electron chi connectivity index (χ3n) is 4.30. The topological polar surface area (TPSA) is 71.2 Å². The van der Waals surface area contributed by atoms with Crippen molar-refractivity contribution in [2.24, 2.45) is 5.73 Å². The molecule has 5 nitrogen and oxygen atoms in total. The molecule has 2 atom stereocenters. The molecule has 1 aliphatic heterocycles. The number of aromatic nitrogens is 1. The van der Waals surface area contributed by atoms with Crippen molar-refractivity contribution in [3.8, 4) is 0 Å². The molecule has 1 aliphatic rings. The molecule has 5 heteroatoms. The fourth-order valence-corrected chi connectivity index (χ4v) is 3.16. The summed E-state index contributed by atoms with van der Waals surface area (Å²) < 4.78 is 0. The highest BCUT2D eigenvalue weighted by molar-refractivity contribution is 5.78. The van der Waals surface area contributed by atoms with Crippen LogP contribution in [0, 0.1) is 0 Å². The van der Waals surface area contributed by atoms with Crippen LogP contribution < -0.4 is 11.1 Å². The van der Waals surface area contributed by atoms with Gasteiger partial charge in [-0.15, -0.1) is 0 Å². The number of amides is 1. The Morgan fingerprint density at radius 2 is 2.00 bits per heavy atom. The van der Waals surface area contributed by atoms with E-state index in [1.807, 2.05) is 41.3 Å². The molecule has 3 N–H and O–H groups in total. The van der Waals surface area contributed by atoms with Gasteiger partial charge < -0.3 is 16.0 Å². The molecular weight excluding hydrogens is 288 g/mol. The predicted molar refractivity (Wildman–Crippen MR) is 90.8 cm³/mol. The van der Waals surface area contributed by atoms with E-state index in [0.717, 1.165) is 24.2 Å². The van der Waals surface area contributed by atoms with Crippen LogP contribution in [-0.2, 0) is 4.79 Å². The average molecular weight is 310 g/mol. The number of anilines is 1. The van der Waals surface area contributed by atoms with E-state index < -0.39 is 0 Å².